The molecule has 108 valence electrons. The largest absolute Gasteiger partial charge is 0.354 e. The molecule has 0 amide bonds. The molecule has 0 aliphatic rings. The van der Waals surface area contributed by atoms with Gasteiger partial charge in [0.1, 0.15) is 5.65 Å². The highest BCUT2D eigenvalue weighted by Gasteiger charge is 2.14. The van der Waals surface area contributed by atoms with Crippen molar-refractivity contribution in [3.63, 3.8) is 0 Å². The van der Waals surface area contributed by atoms with Crippen LogP contribution in [0.4, 0.5) is 5.82 Å². The van der Waals surface area contributed by atoms with E-state index in [4.69, 9.17) is 16.6 Å². The number of halogens is 2. The lowest BCUT2D eigenvalue weighted by molar-refractivity contribution is 0.895. The van der Waals surface area contributed by atoms with Crippen molar-refractivity contribution in [1.29, 1.82) is 0 Å². The highest BCUT2D eigenvalue weighted by Crippen LogP contribution is 2.24. The molecule has 3 aromatic rings. The molecule has 0 saturated carbocycles. The highest BCUT2D eigenvalue weighted by molar-refractivity contribution is 9.08. The van der Waals surface area contributed by atoms with E-state index in [2.05, 4.69) is 38.3 Å². The summed E-state index contributed by atoms with van der Waals surface area (Å²) in [4.78, 5) is 6.88. The van der Waals surface area contributed by atoms with Crippen LogP contribution in [-0.2, 0) is 11.9 Å². The first-order valence-electron chi connectivity index (χ1n) is 6.66. The molecule has 2 aromatic heterocycles. The fraction of sp³-hybridized carbons (Fsp3) is 0.188. The molecule has 0 spiro atoms. The number of hydrogen-bond donors (Lipinski definition) is 0. The molecule has 0 saturated heterocycles. The second-order valence-corrected chi connectivity index (χ2v) is 5.93. The maximum Gasteiger partial charge on any atom is 0.152 e. The second kappa shape index (κ2) is 6.08. The quantitative estimate of drug-likeness (QED) is 0.635. The normalized spacial score (nSPS) is 11.0. The molecule has 0 fully saturated rings. The fourth-order valence-corrected chi connectivity index (χ4v) is 3.18. The molecule has 0 N–H and O–H groups in total. The number of imidazole rings is 1. The van der Waals surface area contributed by atoms with Crippen molar-refractivity contribution in [3.05, 3.63) is 64.9 Å². The molecule has 3 nitrogen and oxygen atoms in total. The van der Waals surface area contributed by atoms with Crippen molar-refractivity contribution in [3.8, 4) is 0 Å². The Bertz CT molecular complexity index is 769. The fourth-order valence-electron chi connectivity index (χ4n) is 2.45. The molecule has 0 unspecified atom stereocenters. The summed E-state index contributed by atoms with van der Waals surface area (Å²) in [5, 5.41) is 1.52. The van der Waals surface area contributed by atoms with E-state index in [1.54, 1.807) is 0 Å². The highest BCUT2D eigenvalue weighted by atomic mass is 79.9. The molecular formula is C16H15BrClN3. The van der Waals surface area contributed by atoms with Crippen LogP contribution in [0.3, 0.4) is 0 Å². The number of aromatic nitrogens is 2. The van der Waals surface area contributed by atoms with Crippen LogP contribution in [0, 0.1) is 0 Å². The second-order valence-electron chi connectivity index (χ2n) is 4.93. The van der Waals surface area contributed by atoms with Crippen molar-refractivity contribution in [2.24, 2.45) is 0 Å². The van der Waals surface area contributed by atoms with Crippen LogP contribution in [0.15, 0.2) is 48.7 Å². The smallest absolute Gasteiger partial charge is 0.152 e. The Morgan fingerprint density at radius 2 is 2.10 bits per heavy atom. The van der Waals surface area contributed by atoms with Crippen LogP contribution in [-0.4, -0.2) is 16.4 Å². The van der Waals surface area contributed by atoms with Gasteiger partial charge >= 0.3 is 0 Å². The molecule has 0 atom stereocenters. The Labute approximate surface area is 137 Å². The molecule has 21 heavy (non-hydrogen) atoms. The van der Waals surface area contributed by atoms with Gasteiger partial charge in [0.2, 0.25) is 0 Å². The average molecular weight is 365 g/mol. The van der Waals surface area contributed by atoms with Crippen LogP contribution in [0.25, 0.3) is 5.65 Å². The molecule has 1 aromatic carbocycles. The van der Waals surface area contributed by atoms with Crippen LogP contribution in [0.2, 0.25) is 5.02 Å². The number of alkyl halides is 1. The number of pyridine rings is 1. The van der Waals surface area contributed by atoms with Gasteiger partial charge in [-0.3, -0.25) is 0 Å². The van der Waals surface area contributed by atoms with E-state index in [1.165, 1.54) is 5.56 Å². The van der Waals surface area contributed by atoms with Gasteiger partial charge in [0.15, 0.2) is 5.82 Å². The molecule has 5 heteroatoms. The first kappa shape index (κ1) is 14.4. The van der Waals surface area contributed by atoms with Crippen LogP contribution >= 0.6 is 27.5 Å². The van der Waals surface area contributed by atoms with Gasteiger partial charge in [0, 0.05) is 30.1 Å². The van der Waals surface area contributed by atoms with E-state index in [1.807, 2.05) is 42.6 Å². The lowest BCUT2D eigenvalue weighted by Gasteiger charge is -2.18. The maximum absolute atomic E-state index is 6.05. The van der Waals surface area contributed by atoms with Gasteiger partial charge in [-0.2, -0.15) is 0 Å². The van der Waals surface area contributed by atoms with Crippen molar-refractivity contribution in [2.45, 2.75) is 11.9 Å². The Morgan fingerprint density at radius 3 is 2.86 bits per heavy atom. The number of anilines is 1. The first-order valence-corrected chi connectivity index (χ1v) is 8.16. The van der Waals surface area contributed by atoms with Crippen molar-refractivity contribution in [1.82, 2.24) is 9.38 Å². The zero-order chi connectivity index (χ0) is 14.8. The summed E-state index contributed by atoms with van der Waals surface area (Å²) in [6, 6.07) is 14.0. The molecular weight excluding hydrogens is 350 g/mol. The van der Waals surface area contributed by atoms with Crippen LogP contribution < -0.4 is 4.90 Å². The summed E-state index contributed by atoms with van der Waals surface area (Å²) < 4.78 is 2.11. The Morgan fingerprint density at radius 1 is 1.24 bits per heavy atom. The summed E-state index contributed by atoms with van der Waals surface area (Å²) in [6.45, 7) is 0.768. The molecule has 0 aliphatic heterocycles. The summed E-state index contributed by atoms with van der Waals surface area (Å²) in [6.07, 6.45) is 2.04. The van der Waals surface area contributed by atoms with Crippen molar-refractivity contribution >= 4 is 39.0 Å². The summed E-state index contributed by atoms with van der Waals surface area (Å²) in [5.41, 5.74) is 3.28. The van der Waals surface area contributed by atoms with Gasteiger partial charge in [0.05, 0.1) is 5.69 Å². The zero-order valence-corrected chi connectivity index (χ0v) is 14.0. The van der Waals surface area contributed by atoms with Gasteiger partial charge in [-0.15, -0.1) is 0 Å². The monoisotopic (exact) mass is 363 g/mol. The predicted octanol–water partition coefficient (Wildman–Crippen LogP) is 4.52. The summed E-state index contributed by atoms with van der Waals surface area (Å²) in [5.74, 6) is 0.984. The lowest BCUT2D eigenvalue weighted by Crippen LogP contribution is -2.18. The van der Waals surface area contributed by atoms with Crippen molar-refractivity contribution < 1.29 is 0 Å². The van der Waals surface area contributed by atoms with Gasteiger partial charge in [-0.1, -0.05) is 45.7 Å². The van der Waals surface area contributed by atoms with Gasteiger partial charge in [-0.05, 0) is 29.8 Å². The summed E-state index contributed by atoms with van der Waals surface area (Å²) in [7, 11) is 2.05. The van der Waals surface area contributed by atoms with Gasteiger partial charge in [-0.25, -0.2) is 4.98 Å². The third kappa shape index (κ3) is 2.92. The van der Waals surface area contributed by atoms with E-state index >= 15 is 0 Å². The molecule has 2 heterocycles. The van der Waals surface area contributed by atoms with E-state index in [0.29, 0.717) is 0 Å². The minimum Gasteiger partial charge on any atom is -0.354 e. The van der Waals surface area contributed by atoms with E-state index in [0.717, 1.165) is 34.1 Å². The van der Waals surface area contributed by atoms with Gasteiger partial charge < -0.3 is 9.30 Å². The van der Waals surface area contributed by atoms with Crippen LogP contribution in [0.5, 0.6) is 0 Å². The Balaban J connectivity index is 1.95. The first-order chi connectivity index (χ1) is 10.2. The maximum atomic E-state index is 6.05. The van der Waals surface area contributed by atoms with E-state index in [-0.39, 0.29) is 0 Å². The molecule has 0 bridgehead atoms. The topological polar surface area (TPSA) is 20.5 Å². The summed E-state index contributed by atoms with van der Waals surface area (Å²) >= 11 is 9.62. The molecule has 0 radical (unpaired) electrons. The third-order valence-corrected chi connectivity index (χ3v) is 4.17. The van der Waals surface area contributed by atoms with Gasteiger partial charge in [0.25, 0.3) is 0 Å². The minimum absolute atomic E-state index is 0.757. The molecule has 3 rings (SSSR count). The van der Waals surface area contributed by atoms with E-state index in [9.17, 15) is 0 Å². The third-order valence-electron chi connectivity index (χ3n) is 3.40. The number of fused-ring (bicyclic) bond motifs is 1. The molecule has 0 aliphatic carbocycles. The van der Waals surface area contributed by atoms with Crippen molar-refractivity contribution in [2.75, 3.05) is 11.9 Å². The Kier molecular flexibility index (Phi) is 4.17. The Hall–Kier alpha value is -1.52. The number of rotatable bonds is 4. The minimum atomic E-state index is 0.757. The lowest BCUT2D eigenvalue weighted by atomic mass is 10.2. The zero-order valence-electron chi connectivity index (χ0n) is 11.6. The standard InChI is InChI=1S/C16H15BrClN3/c1-20(11-12-5-4-6-13(18)9-12)16-14(10-17)21-8-3-2-7-15(21)19-16/h2-9H,10-11H2,1H3. The van der Waals surface area contributed by atoms with Crippen LogP contribution in [0.1, 0.15) is 11.3 Å². The average Bonchev–Trinajstić information content (AvgIpc) is 2.86. The predicted molar refractivity (Wildman–Crippen MR) is 91.4 cm³/mol. The van der Waals surface area contributed by atoms with E-state index < -0.39 is 0 Å². The SMILES string of the molecule is CN(Cc1cccc(Cl)c1)c1nc2ccccn2c1CBr. The number of benzene rings is 1. The number of hydrogen-bond acceptors (Lipinski definition) is 2. The number of nitrogens with zero attached hydrogens (tertiary/aromatic N) is 3.